The average molecular weight is 314 g/mol. The van der Waals surface area contributed by atoms with Crippen molar-refractivity contribution in [1.29, 1.82) is 0 Å². The Balaban J connectivity index is 2.09. The van der Waals surface area contributed by atoms with Gasteiger partial charge in [0, 0.05) is 24.6 Å². The number of hydrogen-bond acceptors (Lipinski definition) is 5. The largest absolute Gasteiger partial charge is 0.394 e. The molecule has 21 heavy (non-hydrogen) atoms. The first-order valence-corrected chi connectivity index (χ1v) is 7.92. The van der Waals surface area contributed by atoms with Gasteiger partial charge in [0.15, 0.2) is 0 Å². The van der Waals surface area contributed by atoms with Crippen LogP contribution in [0, 0.1) is 6.92 Å². The molecule has 1 aromatic heterocycles. The summed E-state index contributed by atoms with van der Waals surface area (Å²) in [5.74, 6) is 1.99. The number of aliphatic hydroxyl groups is 1. The molecule has 1 fully saturated rings. The van der Waals surface area contributed by atoms with Gasteiger partial charge in [-0.3, -0.25) is 0 Å². The van der Waals surface area contributed by atoms with E-state index < -0.39 is 0 Å². The van der Waals surface area contributed by atoms with E-state index in [0.29, 0.717) is 11.8 Å². The van der Waals surface area contributed by atoms with Crippen molar-refractivity contribution >= 4 is 17.4 Å². The quantitative estimate of drug-likeness (QED) is 0.847. The van der Waals surface area contributed by atoms with Crippen molar-refractivity contribution in [2.45, 2.75) is 45.6 Å². The van der Waals surface area contributed by atoms with Crippen LogP contribution in [0.3, 0.4) is 0 Å². The number of piperidine rings is 1. The fourth-order valence-electron chi connectivity index (χ4n) is 2.51. The van der Waals surface area contributed by atoms with E-state index in [1.807, 2.05) is 6.92 Å². The van der Waals surface area contributed by atoms with Crippen LogP contribution in [-0.4, -0.2) is 47.5 Å². The molecule has 1 aliphatic heterocycles. The summed E-state index contributed by atoms with van der Waals surface area (Å²) >= 11 is 6.25. The van der Waals surface area contributed by atoms with Crippen molar-refractivity contribution < 1.29 is 9.84 Å². The van der Waals surface area contributed by atoms with E-state index in [-0.39, 0.29) is 18.6 Å². The predicted octanol–water partition coefficient (Wildman–Crippen LogP) is 2.54. The van der Waals surface area contributed by atoms with Gasteiger partial charge in [0.1, 0.15) is 16.8 Å². The lowest BCUT2D eigenvalue weighted by atomic mass is 10.1. The molecule has 0 unspecified atom stereocenters. The Morgan fingerprint density at radius 1 is 1.33 bits per heavy atom. The third kappa shape index (κ3) is 4.05. The standard InChI is InChI=1S/C15H24ClN3O2/c1-10(2)14-17-13(16)11(3)15(18-14)19-6-4-12(5-7-19)21-9-8-20/h10,12,20H,4-9H2,1-3H3. The van der Waals surface area contributed by atoms with Gasteiger partial charge in [-0.2, -0.15) is 0 Å². The zero-order valence-electron chi connectivity index (χ0n) is 13.0. The van der Waals surface area contributed by atoms with Gasteiger partial charge in [-0.05, 0) is 19.8 Å². The van der Waals surface area contributed by atoms with Crippen molar-refractivity contribution in [3.63, 3.8) is 0 Å². The fraction of sp³-hybridized carbons (Fsp3) is 0.733. The van der Waals surface area contributed by atoms with Gasteiger partial charge in [0.25, 0.3) is 0 Å². The lowest BCUT2D eigenvalue weighted by Crippen LogP contribution is -2.38. The molecule has 5 nitrogen and oxygen atoms in total. The molecule has 1 N–H and O–H groups in total. The van der Waals surface area contributed by atoms with Crippen LogP contribution in [0.1, 0.15) is 44.0 Å². The molecular weight excluding hydrogens is 290 g/mol. The van der Waals surface area contributed by atoms with Gasteiger partial charge in [-0.25, -0.2) is 9.97 Å². The van der Waals surface area contributed by atoms with Gasteiger partial charge in [-0.15, -0.1) is 0 Å². The second-order valence-corrected chi connectivity index (χ2v) is 6.11. The van der Waals surface area contributed by atoms with Crippen molar-refractivity contribution in [2.24, 2.45) is 0 Å². The molecule has 1 aromatic rings. The van der Waals surface area contributed by atoms with Crippen LogP contribution in [0.15, 0.2) is 0 Å². The molecule has 2 heterocycles. The van der Waals surface area contributed by atoms with E-state index in [9.17, 15) is 0 Å². The number of ether oxygens (including phenoxy) is 1. The molecule has 0 aromatic carbocycles. The Hall–Kier alpha value is -0.910. The fourth-order valence-corrected chi connectivity index (χ4v) is 2.68. The summed E-state index contributed by atoms with van der Waals surface area (Å²) in [6.45, 7) is 8.39. The number of nitrogens with zero attached hydrogens (tertiary/aromatic N) is 3. The molecule has 0 bridgehead atoms. The Kier molecular flexibility index (Phi) is 5.79. The van der Waals surface area contributed by atoms with Crippen molar-refractivity contribution in [2.75, 3.05) is 31.2 Å². The summed E-state index contributed by atoms with van der Waals surface area (Å²) in [4.78, 5) is 11.3. The summed E-state index contributed by atoms with van der Waals surface area (Å²) in [6.07, 6.45) is 2.12. The van der Waals surface area contributed by atoms with E-state index in [0.717, 1.165) is 43.1 Å². The smallest absolute Gasteiger partial charge is 0.137 e. The van der Waals surface area contributed by atoms with Gasteiger partial charge in [0.05, 0.1) is 19.3 Å². The van der Waals surface area contributed by atoms with E-state index in [1.165, 1.54) is 0 Å². The maximum Gasteiger partial charge on any atom is 0.137 e. The third-order valence-electron chi connectivity index (χ3n) is 3.78. The molecule has 0 aliphatic carbocycles. The first-order chi connectivity index (χ1) is 10.0. The lowest BCUT2D eigenvalue weighted by molar-refractivity contribution is 0.0158. The SMILES string of the molecule is Cc1c(Cl)nc(C(C)C)nc1N1CCC(OCCO)CC1. The third-order valence-corrected chi connectivity index (χ3v) is 4.15. The molecule has 0 amide bonds. The predicted molar refractivity (Wildman–Crippen MR) is 84.1 cm³/mol. The summed E-state index contributed by atoms with van der Waals surface area (Å²) in [6, 6.07) is 0. The zero-order chi connectivity index (χ0) is 15.4. The highest BCUT2D eigenvalue weighted by atomic mass is 35.5. The molecule has 0 radical (unpaired) electrons. The van der Waals surface area contributed by atoms with Gasteiger partial charge in [0.2, 0.25) is 0 Å². The average Bonchev–Trinajstić information content (AvgIpc) is 2.48. The molecule has 2 rings (SSSR count). The van der Waals surface area contributed by atoms with Crippen LogP contribution in [-0.2, 0) is 4.74 Å². The Morgan fingerprint density at radius 3 is 2.57 bits per heavy atom. The highest BCUT2D eigenvalue weighted by molar-refractivity contribution is 6.30. The molecule has 6 heteroatoms. The highest BCUT2D eigenvalue weighted by Gasteiger charge is 2.23. The van der Waals surface area contributed by atoms with Crippen molar-refractivity contribution in [3.05, 3.63) is 16.5 Å². The maximum absolute atomic E-state index is 8.81. The molecule has 1 saturated heterocycles. The Bertz CT molecular complexity index is 474. The highest BCUT2D eigenvalue weighted by Crippen LogP contribution is 2.28. The van der Waals surface area contributed by atoms with Crippen LogP contribution in [0.25, 0.3) is 0 Å². The van der Waals surface area contributed by atoms with Crippen LogP contribution >= 0.6 is 11.6 Å². The first-order valence-electron chi connectivity index (χ1n) is 7.54. The van der Waals surface area contributed by atoms with Crippen LogP contribution in [0.5, 0.6) is 0 Å². The van der Waals surface area contributed by atoms with Crippen LogP contribution in [0.2, 0.25) is 5.15 Å². The van der Waals surface area contributed by atoms with E-state index >= 15 is 0 Å². The molecule has 118 valence electrons. The zero-order valence-corrected chi connectivity index (χ0v) is 13.7. The van der Waals surface area contributed by atoms with Gasteiger partial charge < -0.3 is 14.7 Å². The molecule has 1 aliphatic rings. The summed E-state index contributed by atoms with van der Waals surface area (Å²) in [7, 11) is 0. The summed E-state index contributed by atoms with van der Waals surface area (Å²) in [5.41, 5.74) is 0.941. The minimum atomic E-state index is 0.0819. The topological polar surface area (TPSA) is 58.5 Å². The second-order valence-electron chi connectivity index (χ2n) is 5.76. The monoisotopic (exact) mass is 313 g/mol. The number of aliphatic hydroxyl groups excluding tert-OH is 1. The van der Waals surface area contributed by atoms with E-state index in [4.69, 9.17) is 26.4 Å². The molecule has 0 spiro atoms. The number of halogens is 1. The minimum Gasteiger partial charge on any atom is -0.394 e. The van der Waals surface area contributed by atoms with Gasteiger partial charge >= 0.3 is 0 Å². The second kappa shape index (κ2) is 7.38. The van der Waals surface area contributed by atoms with Gasteiger partial charge in [-0.1, -0.05) is 25.4 Å². The minimum absolute atomic E-state index is 0.0819. The van der Waals surface area contributed by atoms with Crippen LogP contribution in [0.4, 0.5) is 5.82 Å². The van der Waals surface area contributed by atoms with E-state index in [1.54, 1.807) is 0 Å². The Labute approximate surface area is 131 Å². The van der Waals surface area contributed by atoms with Crippen molar-refractivity contribution in [1.82, 2.24) is 9.97 Å². The first kappa shape index (κ1) is 16.5. The lowest BCUT2D eigenvalue weighted by Gasteiger charge is -2.33. The number of aromatic nitrogens is 2. The number of rotatable bonds is 5. The maximum atomic E-state index is 8.81. The normalized spacial score (nSPS) is 16.8. The molecular formula is C15H24ClN3O2. The number of hydrogen-bond donors (Lipinski definition) is 1. The van der Waals surface area contributed by atoms with Crippen LogP contribution < -0.4 is 4.90 Å². The Morgan fingerprint density at radius 2 is 2.00 bits per heavy atom. The molecule has 0 atom stereocenters. The molecule has 0 saturated carbocycles. The summed E-state index contributed by atoms with van der Waals surface area (Å²) < 4.78 is 5.60. The van der Waals surface area contributed by atoms with E-state index in [2.05, 4.69) is 23.7 Å². The van der Waals surface area contributed by atoms with Crippen molar-refractivity contribution in [3.8, 4) is 0 Å². The number of anilines is 1. The summed E-state index contributed by atoms with van der Waals surface area (Å²) in [5, 5.41) is 9.35.